The number of methoxy groups -OCH3 is 1. The maximum absolute atomic E-state index is 10.5. The second kappa shape index (κ2) is 9.93. The molecule has 2 N–H and O–H groups in total. The number of aromatic hydroxyl groups is 1. The van der Waals surface area contributed by atoms with Crippen molar-refractivity contribution in [2.24, 2.45) is 0 Å². The van der Waals surface area contributed by atoms with Crippen LogP contribution in [0.25, 0.3) is 32.8 Å². The lowest BCUT2D eigenvalue weighted by atomic mass is 9.97. The number of likely N-dealkylation sites (tertiary alicyclic amines) is 1. The quantitative estimate of drug-likeness (QED) is 0.388. The van der Waals surface area contributed by atoms with Gasteiger partial charge in [0.05, 0.1) is 11.6 Å². The zero-order chi connectivity index (χ0) is 26.5. The van der Waals surface area contributed by atoms with E-state index < -0.39 is 0 Å². The molecule has 4 heterocycles. The van der Waals surface area contributed by atoms with Gasteiger partial charge < -0.3 is 24.8 Å². The topological polar surface area (TPSA) is 83.0 Å². The van der Waals surface area contributed by atoms with Crippen molar-refractivity contribution in [1.29, 1.82) is 0 Å². The summed E-state index contributed by atoms with van der Waals surface area (Å²) in [5.74, 6) is 1.19. The Labute approximate surface area is 228 Å². The lowest BCUT2D eigenvalue weighted by molar-refractivity contribution is 0.111. The lowest BCUT2D eigenvalue weighted by Crippen LogP contribution is -2.51. The number of piperazine rings is 1. The Morgan fingerprint density at radius 2 is 1.79 bits per heavy atom. The standard InChI is InChI=1S/C31H35N5O3/c1-35-17-25(38-2)13-23(35)18-39-31-33-29-12-20(28-14-24(37)11-19-5-3-4-6-26(19)28)7-10-27(29)30(34-31)36-15-21-8-9-22(16-36)32-21/h3-7,10-12,14,21-23,25,32,37H,8-9,13,15-18H2,1-2H3/t21-,22+,23-,25+/m0/s1. The molecule has 0 unspecified atom stereocenters. The van der Waals surface area contributed by atoms with Gasteiger partial charge >= 0.3 is 6.01 Å². The number of rotatable bonds is 6. The monoisotopic (exact) mass is 525 g/mol. The van der Waals surface area contributed by atoms with Crippen molar-refractivity contribution < 1.29 is 14.6 Å². The molecule has 4 atom stereocenters. The molecule has 3 aliphatic heterocycles. The molecule has 8 heteroatoms. The van der Waals surface area contributed by atoms with Gasteiger partial charge in [0, 0.05) is 50.3 Å². The minimum absolute atomic E-state index is 0.229. The van der Waals surface area contributed by atoms with Crippen LogP contribution < -0.4 is 15.0 Å². The normalized spacial score (nSPS) is 25.1. The number of ether oxygens (including phenoxy) is 2. The van der Waals surface area contributed by atoms with Crippen LogP contribution in [-0.2, 0) is 4.74 Å². The summed E-state index contributed by atoms with van der Waals surface area (Å²) in [6.45, 7) is 3.29. The second-order valence-corrected chi connectivity index (χ2v) is 11.3. The molecule has 0 radical (unpaired) electrons. The van der Waals surface area contributed by atoms with E-state index in [4.69, 9.17) is 19.4 Å². The molecule has 2 bridgehead atoms. The van der Waals surface area contributed by atoms with Crippen LogP contribution in [0.15, 0.2) is 54.6 Å². The maximum atomic E-state index is 10.5. The van der Waals surface area contributed by atoms with Crippen molar-refractivity contribution in [3.8, 4) is 22.9 Å². The van der Waals surface area contributed by atoms with Crippen molar-refractivity contribution in [3.63, 3.8) is 0 Å². The zero-order valence-corrected chi connectivity index (χ0v) is 22.5. The summed E-state index contributed by atoms with van der Waals surface area (Å²) in [5, 5.41) is 17.3. The Balaban J connectivity index is 1.29. The second-order valence-electron chi connectivity index (χ2n) is 11.3. The molecule has 3 aromatic carbocycles. The van der Waals surface area contributed by atoms with Gasteiger partial charge in [-0.05, 0) is 72.5 Å². The highest BCUT2D eigenvalue weighted by Crippen LogP contribution is 2.37. The molecule has 0 amide bonds. The van der Waals surface area contributed by atoms with Gasteiger partial charge in [0.15, 0.2) is 0 Å². The number of aromatic nitrogens is 2. The summed E-state index contributed by atoms with van der Waals surface area (Å²) >= 11 is 0. The molecular formula is C31H35N5O3. The van der Waals surface area contributed by atoms with E-state index in [0.29, 0.717) is 24.7 Å². The van der Waals surface area contributed by atoms with Crippen LogP contribution in [0.1, 0.15) is 19.3 Å². The molecule has 3 fully saturated rings. The van der Waals surface area contributed by atoms with Crippen molar-refractivity contribution in [2.45, 2.75) is 43.5 Å². The van der Waals surface area contributed by atoms with Crippen molar-refractivity contribution >= 4 is 27.5 Å². The fraction of sp³-hybridized carbons (Fsp3) is 0.419. The van der Waals surface area contributed by atoms with Crippen molar-refractivity contribution in [3.05, 3.63) is 54.6 Å². The van der Waals surface area contributed by atoms with Gasteiger partial charge in [-0.15, -0.1) is 0 Å². The van der Waals surface area contributed by atoms with E-state index in [2.05, 4.69) is 46.4 Å². The first-order chi connectivity index (χ1) is 19.0. The smallest absolute Gasteiger partial charge is 0.319 e. The predicted molar refractivity (Wildman–Crippen MR) is 154 cm³/mol. The number of anilines is 1. The molecule has 3 saturated heterocycles. The highest BCUT2D eigenvalue weighted by molar-refractivity contribution is 6.00. The van der Waals surface area contributed by atoms with Crippen LogP contribution in [-0.4, -0.2) is 84.6 Å². The van der Waals surface area contributed by atoms with Gasteiger partial charge in [-0.3, -0.25) is 4.90 Å². The van der Waals surface area contributed by atoms with Gasteiger partial charge in [-0.25, -0.2) is 0 Å². The third-order valence-electron chi connectivity index (χ3n) is 8.72. The first-order valence-electron chi connectivity index (χ1n) is 13.9. The molecule has 0 aliphatic carbocycles. The highest BCUT2D eigenvalue weighted by Gasteiger charge is 2.34. The average Bonchev–Trinajstić information content (AvgIpc) is 3.49. The maximum Gasteiger partial charge on any atom is 0.319 e. The minimum Gasteiger partial charge on any atom is -0.508 e. The van der Waals surface area contributed by atoms with E-state index in [0.717, 1.165) is 64.7 Å². The molecule has 3 aliphatic rings. The first kappa shape index (κ1) is 24.6. The van der Waals surface area contributed by atoms with Crippen LogP contribution in [0, 0.1) is 0 Å². The van der Waals surface area contributed by atoms with E-state index in [9.17, 15) is 5.11 Å². The van der Waals surface area contributed by atoms with Gasteiger partial charge in [0.25, 0.3) is 0 Å². The van der Waals surface area contributed by atoms with E-state index in [1.54, 1.807) is 13.2 Å². The Kier molecular flexibility index (Phi) is 6.26. The van der Waals surface area contributed by atoms with E-state index in [1.807, 2.05) is 24.3 Å². The minimum atomic E-state index is 0.229. The van der Waals surface area contributed by atoms with Crippen LogP contribution >= 0.6 is 0 Å². The number of nitrogens with zero attached hydrogens (tertiary/aromatic N) is 4. The SMILES string of the molecule is CO[C@@H]1C[C@@H](COc2nc(N3C[C@H]4CC[C@@H](C3)N4)c3ccc(-c4cc(O)cc5ccccc45)cc3n2)N(C)C1. The Hall–Kier alpha value is -3.46. The van der Waals surface area contributed by atoms with Gasteiger partial charge in [0.2, 0.25) is 0 Å². The van der Waals surface area contributed by atoms with Crippen molar-refractivity contribution in [2.75, 3.05) is 45.3 Å². The summed E-state index contributed by atoms with van der Waals surface area (Å²) in [7, 11) is 3.89. The van der Waals surface area contributed by atoms with Crippen LogP contribution in [0.5, 0.6) is 11.8 Å². The fourth-order valence-electron chi connectivity index (χ4n) is 6.63. The molecule has 202 valence electrons. The lowest BCUT2D eigenvalue weighted by Gasteiger charge is -2.34. The fourth-order valence-corrected chi connectivity index (χ4v) is 6.63. The van der Waals surface area contributed by atoms with Gasteiger partial charge in [-0.1, -0.05) is 30.3 Å². The van der Waals surface area contributed by atoms with Gasteiger partial charge in [-0.2, -0.15) is 9.97 Å². The number of hydrogen-bond donors (Lipinski definition) is 2. The van der Waals surface area contributed by atoms with Crippen LogP contribution in [0.4, 0.5) is 5.82 Å². The predicted octanol–water partition coefficient (Wildman–Crippen LogP) is 4.19. The van der Waals surface area contributed by atoms with E-state index in [1.165, 1.54) is 12.8 Å². The molecule has 8 nitrogen and oxygen atoms in total. The number of phenolic OH excluding ortho intramolecular Hbond substituents is 1. The van der Waals surface area contributed by atoms with E-state index >= 15 is 0 Å². The number of hydrogen-bond acceptors (Lipinski definition) is 8. The molecule has 0 spiro atoms. The first-order valence-corrected chi connectivity index (χ1v) is 13.9. The summed E-state index contributed by atoms with van der Waals surface area (Å²) in [6.07, 6.45) is 3.57. The number of phenols is 1. The number of likely N-dealkylation sites (N-methyl/N-ethyl adjacent to an activating group) is 1. The molecule has 4 aromatic rings. The van der Waals surface area contributed by atoms with Gasteiger partial charge in [0.1, 0.15) is 18.2 Å². The molecule has 7 rings (SSSR count). The number of nitrogens with one attached hydrogen (secondary N) is 1. The molecular weight excluding hydrogens is 490 g/mol. The van der Waals surface area contributed by atoms with Crippen molar-refractivity contribution in [1.82, 2.24) is 20.2 Å². The summed E-state index contributed by atoms with van der Waals surface area (Å²) in [6, 6.07) is 19.8. The zero-order valence-electron chi connectivity index (χ0n) is 22.5. The Bertz CT molecular complexity index is 1520. The Morgan fingerprint density at radius 3 is 2.59 bits per heavy atom. The average molecular weight is 526 g/mol. The van der Waals surface area contributed by atoms with Crippen LogP contribution in [0.2, 0.25) is 0 Å². The molecule has 0 saturated carbocycles. The summed E-state index contributed by atoms with van der Waals surface area (Å²) in [5.41, 5.74) is 2.83. The largest absolute Gasteiger partial charge is 0.508 e. The number of benzene rings is 3. The molecule has 39 heavy (non-hydrogen) atoms. The third kappa shape index (κ3) is 4.67. The highest BCUT2D eigenvalue weighted by atomic mass is 16.5. The third-order valence-corrected chi connectivity index (χ3v) is 8.72. The van der Waals surface area contributed by atoms with Crippen LogP contribution in [0.3, 0.4) is 0 Å². The number of fused-ring (bicyclic) bond motifs is 4. The Morgan fingerprint density at radius 1 is 0.974 bits per heavy atom. The summed E-state index contributed by atoms with van der Waals surface area (Å²) in [4.78, 5) is 14.6. The molecule has 1 aromatic heterocycles. The van der Waals surface area contributed by atoms with E-state index in [-0.39, 0.29) is 17.9 Å². The summed E-state index contributed by atoms with van der Waals surface area (Å²) < 4.78 is 11.9.